The van der Waals surface area contributed by atoms with Crippen LogP contribution in [0, 0.1) is 6.92 Å². The van der Waals surface area contributed by atoms with E-state index in [9.17, 15) is 9.59 Å². The van der Waals surface area contributed by atoms with Crippen molar-refractivity contribution in [2.24, 2.45) is 0 Å². The minimum Gasteiger partial charge on any atom is -0.350 e. The summed E-state index contributed by atoms with van der Waals surface area (Å²) < 4.78 is 1.71. The van der Waals surface area contributed by atoms with Crippen LogP contribution >= 0.6 is 0 Å². The zero-order valence-corrected chi connectivity index (χ0v) is 16.9. The SMILES string of the molecule is CCN(CC)C(=O)[C@@H]1C[C@H](NC(=O)Cn2nccc2C)CN1C1CCCC1. The summed E-state index contributed by atoms with van der Waals surface area (Å²) in [5, 5.41) is 7.33. The molecule has 0 unspecified atom stereocenters. The van der Waals surface area contributed by atoms with E-state index in [-0.39, 0.29) is 30.4 Å². The lowest BCUT2D eigenvalue weighted by atomic mass is 10.1. The smallest absolute Gasteiger partial charge is 0.242 e. The molecule has 3 rings (SSSR count). The van der Waals surface area contributed by atoms with Crippen molar-refractivity contribution in [1.29, 1.82) is 0 Å². The molecule has 1 saturated heterocycles. The molecule has 2 atom stereocenters. The van der Waals surface area contributed by atoms with E-state index in [1.165, 1.54) is 12.8 Å². The van der Waals surface area contributed by atoms with Gasteiger partial charge in [-0.25, -0.2) is 0 Å². The molecule has 2 fully saturated rings. The molecule has 0 spiro atoms. The van der Waals surface area contributed by atoms with Gasteiger partial charge < -0.3 is 10.2 Å². The number of likely N-dealkylation sites (tertiary alicyclic amines) is 1. The first kappa shape index (κ1) is 19.9. The van der Waals surface area contributed by atoms with Gasteiger partial charge in [0.05, 0.1) is 6.04 Å². The molecule has 1 aliphatic heterocycles. The molecule has 1 saturated carbocycles. The fourth-order valence-corrected chi connectivity index (χ4v) is 4.57. The molecule has 150 valence electrons. The Bertz CT molecular complexity index is 649. The third kappa shape index (κ3) is 4.51. The second-order valence-corrected chi connectivity index (χ2v) is 7.79. The van der Waals surface area contributed by atoms with Crippen molar-refractivity contribution < 1.29 is 9.59 Å². The standard InChI is InChI=1S/C20H33N5O2/c1-4-23(5-2)20(27)18-12-16(13-24(18)17-8-6-7-9-17)22-19(26)14-25-15(3)10-11-21-25/h10-11,16-18H,4-9,12-14H2,1-3H3,(H,22,26)/t16-,18-/m0/s1. The highest BCUT2D eigenvalue weighted by atomic mass is 16.2. The highest BCUT2D eigenvalue weighted by Gasteiger charge is 2.42. The molecule has 2 amide bonds. The number of aryl methyl sites for hydroxylation is 1. The van der Waals surface area contributed by atoms with E-state index in [0.29, 0.717) is 12.5 Å². The summed E-state index contributed by atoms with van der Waals surface area (Å²) in [5.41, 5.74) is 0.971. The second kappa shape index (κ2) is 8.87. The molecular weight excluding hydrogens is 342 g/mol. The Hall–Kier alpha value is -1.89. The normalized spacial score (nSPS) is 23.7. The molecule has 0 radical (unpaired) electrons. The Balaban J connectivity index is 1.65. The van der Waals surface area contributed by atoms with Crippen LogP contribution in [0.1, 0.15) is 51.6 Å². The first-order chi connectivity index (χ1) is 13.0. The number of rotatable bonds is 7. The molecule has 0 aromatic carbocycles. The highest BCUT2D eigenvalue weighted by Crippen LogP contribution is 2.31. The van der Waals surface area contributed by atoms with Crippen LogP contribution in [0.5, 0.6) is 0 Å². The van der Waals surface area contributed by atoms with Crippen molar-refractivity contribution in [2.75, 3.05) is 19.6 Å². The fraction of sp³-hybridized carbons (Fsp3) is 0.750. The number of aromatic nitrogens is 2. The maximum absolute atomic E-state index is 13.1. The number of amides is 2. The summed E-state index contributed by atoms with van der Waals surface area (Å²) in [6.45, 7) is 8.47. The van der Waals surface area contributed by atoms with Crippen LogP contribution in [0.25, 0.3) is 0 Å². The average Bonchev–Trinajstić information content (AvgIpc) is 3.37. The van der Waals surface area contributed by atoms with Crippen molar-refractivity contribution in [3.05, 3.63) is 18.0 Å². The molecule has 27 heavy (non-hydrogen) atoms. The first-order valence-corrected chi connectivity index (χ1v) is 10.4. The number of hydrogen-bond donors (Lipinski definition) is 1. The van der Waals surface area contributed by atoms with Crippen LogP contribution in [0.4, 0.5) is 0 Å². The van der Waals surface area contributed by atoms with Gasteiger partial charge in [-0.15, -0.1) is 0 Å². The summed E-state index contributed by atoms with van der Waals surface area (Å²) in [5.74, 6) is 0.181. The predicted octanol–water partition coefficient (Wildman–Crippen LogP) is 1.56. The van der Waals surface area contributed by atoms with Gasteiger partial charge >= 0.3 is 0 Å². The Morgan fingerprint density at radius 2 is 1.96 bits per heavy atom. The van der Waals surface area contributed by atoms with Crippen molar-refractivity contribution >= 4 is 11.8 Å². The Morgan fingerprint density at radius 3 is 2.56 bits per heavy atom. The zero-order chi connectivity index (χ0) is 19.4. The number of hydrogen-bond acceptors (Lipinski definition) is 4. The molecule has 1 aromatic rings. The van der Waals surface area contributed by atoms with Gasteiger partial charge in [0.25, 0.3) is 0 Å². The molecule has 7 heteroatoms. The minimum atomic E-state index is -0.107. The van der Waals surface area contributed by atoms with Gasteiger partial charge in [-0.3, -0.25) is 19.2 Å². The van der Waals surface area contributed by atoms with E-state index in [1.54, 1.807) is 10.9 Å². The molecule has 1 aromatic heterocycles. The predicted molar refractivity (Wildman–Crippen MR) is 104 cm³/mol. The van der Waals surface area contributed by atoms with Gasteiger partial charge in [-0.1, -0.05) is 12.8 Å². The van der Waals surface area contributed by atoms with Crippen molar-refractivity contribution in [1.82, 2.24) is 24.9 Å². The maximum atomic E-state index is 13.1. The van der Waals surface area contributed by atoms with Crippen LogP contribution in [0.3, 0.4) is 0 Å². The van der Waals surface area contributed by atoms with Crippen molar-refractivity contribution in [3.8, 4) is 0 Å². The van der Waals surface area contributed by atoms with Gasteiger partial charge in [-0.2, -0.15) is 5.10 Å². The summed E-state index contributed by atoms with van der Waals surface area (Å²) in [6.07, 6.45) is 7.21. The van der Waals surface area contributed by atoms with E-state index in [2.05, 4.69) is 15.3 Å². The van der Waals surface area contributed by atoms with Gasteiger partial charge in [0.1, 0.15) is 6.54 Å². The molecule has 2 heterocycles. The third-order valence-corrected chi connectivity index (χ3v) is 6.08. The Kier molecular flexibility index (Phi) is 6.52. The highest BCUT2D eigenvalue weighted by molar-refractivity contribution is 5.83. The molecule has 2 aliphatic rings. The Morgan fingerprint density at radius 1 is 1.26 bits per heavy atom. The van der Waals surface area contributed by atoms with Crippen LogP contribution in [-0.4, -0.2) is 69.2 Å². The van der Waals surface area contributed by atoms with Crippen LogP contribution < -0.4 is 5.32 Å². The molecule has 1 N–H and O–H groups in total. The van der Waals surface area contributed by atoms with E-state index < -0.39 is 0 Å². The Labute approximate surface area is 162 Å². The van der Waals surface area contributed by atoms with Gasteiger partial charge in [0, 0.05) is 43.6 Å². The quantitative estimate of drug-likeness (QED) is 0.785. The van der Waals surface area contributed by atoms with Gasteiger partial charge in [0.15, 0.2) is 0 Å². The average molecular weight is 376 g/mol. The summed E-state index contributed by atoms with van der Waals surface area (Å²) in [6, 6.07) is 2.29. The van der Waals surface area contributed by atoms with Crippen molar-refractivity contribution in [2.45, 2.75) is 77.5 Å². The third-order valence-electron chi connectivity index (χ3n) is 6.08. The molecule has 0 bridgehead atoms. The number of nitrogens with one attached hydrogen (secondary N) is 1. The largest absolute Gasteiger partial charge is 0.350 e. The lowest BCUT2D eigenvalue weighted by molar-refractivity contribution is -0.136. The number of likely N-dealkylation sites (N-methyl/N-ethyl adjacent to an activating group) is 1. The van der Waals surface area contributed by atoms with E-state index in [0.717, 1.165) is 38.2 Å². The minimum absolute atomic E-state index is 0.0264. The van der Waals surface area contributed by atoms with Crippen molar-refractivity contribution in [3.63, 3.8) is 0 Å². The monoisotopic (exact) mass is 375 g/mol. The zero-order valence-electron chi connectivity index (χ0n) is 16.9. The lowest BCUT2D eigenvalue weighted by Crippen LogP contribution is -2.48. The van der Waals surface area contributed by atoms with Crippen LogP contribution in [0.2, 0.25) is 0 Å². The first-order valence-electron chi connectivity index (χ1n) is 10.4. The van der Waals surface area contributed by atoms with Gasteiger partial charge in [0.2, 0.25) is 11.8 Å². The second-order valence-electron chi connectivity index (χ2n) is 7.79. The van der Waals surface area contributed by atoms with Crippen LogP contribution in [0.15, 0.2) is 12.3 Å². The number of carbonyl (C=O) groups excluding carboxylic acids is 2. The van der Waals surface area contributed by atoms with Crippen LogP contribution in [-0.2, 0) is 16.1 Å². The van der Waals surface area contributed by atoms with E-state index in [1.807, 2.05) is 31.7 Å². The molecule has 7 nitrogen and oxygen atoms in total. The van der Waals surface area contributed by atoms with Gasteiger partial charge in [-0.05, 0) is 46.1 Å². The number of carbonyl (C=O) groups is 2. The fourth-order valence-electron chi connectivity index (χ4n) is 4.57. The lowest BCUT2D eigenvalue weighted by Gasteiger charge is -2.32. The van der Waals surface area contributed by atoms with E-state index in [4.69, 9.17) is 0 Å². The molecular formula is C20H33N5O2. The molecule has 1 aliphatic carbocycles. The topological polar surface area (TPSA) is 70.5 Å². The van der Waals surface area contributed by atoms with E-state index >= 15 is 0 Å². The summed E-state index contributed by atoms with van der Waals surface area (Å²) >= 11 is 0. The summed E-state index contributed by atoms with van der Waals surface area (Å²) in [7, 11) is 0. The maximum Gasteiger partial charge on any atom is 0.242 e. The summed E-state index contributed by atoms with van der Waals surface area (Å²) in [4.78, 5) is 29.8. The number of nitrogens with zero attached hydrogens (tertiary/aromatic N) is 4.